The monoisotopic (exact) mass is 229 g/mol. The maximum atomic E-state index is 13.4. The van der Waals surface area contributed by atoms with Gasteiger partial charge in [-0.1, -0.05) is 30.7 Å². The van der Waals surface area contributed by atoms with Crippen LogP contribution in [-0.2, 0) is 11.2 Å². The van der Waals surface area contributed by atoms with Crippen LogP contribution >= 0.6 is 11.6 Å². The van der Waals surface area contributed by atoms with Gasteiger partial charge in [-0.25, -0.2) is 4.39 Å². The van der Waals surface area contributed by atoms with E-state index in [1.807, 2.05) is 0 Å². The fourth-order valence-electron chi connectivity index (χ4n) is 1.18. The zero-order valence-electron chi connectivity index (χ0n) is 8.47. The molecule has 82 valence electrons. The number of carbonyl (C=O) groups is 1. The maximum Gasteiger partial charge on any atom is 0.145 e. The first-order chi connectivity index (χ1) is 7.06. The van der Waals surface area contributed by atoms with E-state index in [-0.39, 0.29) is 29.7 Å². The van der Waals surface area contributed by atoms with Crippen LogP contribution in [-0.4, -0.2) is 12.3 Å². The van der Waals surface area contributed by atoms with Crippen LogP contribution in [0.4, 0.5) is 4.39 Å². The van der Waals surface area contributed by atoms with Gasteiger partial charge < -0.3 is 5.73 Å². The van der Waals surface area contributed by atoms with E-state index >= 15 is 0 Å². The van der Waals surface area contributed by atoms with Crippen molar-refractivity contribution in [3.63, 3.8) is 0 Å². The molecule has 0 radical (unpaired) electrons. The second-order valence-corrected chi connectivity index (χ2v) is 3.90. The minimum absolute atomic E-state index is 0.0423. The van der Waals surface area contributed by atoms with E-state index < -0.39 is 5.82 Å². The molecule has 4 heteroatoms. The van der Waals surface area contributed by atoms with Crippen molar-refractivity contribution in [1.29, 1.82) is 0 Å². The molecule has 0 aromatic heterocycles. The van der Waals surface area contributed by atoms with Crippen molar-refractivity contribution in [2.75, 3.05) is 6.54 Å². The Labute approximate surface area is 93.2 Å². The van der Waals surface area contributed by atoms with Crippen molar-refractivity contribution in [3.8, 4) is 0 Å². The Bertz CT molecular complexity index is 368. The van der Waals surface area contributed by atoms with Crippen LogP contribution in [0.2, 0.25) is 5.02 Å². The van der Waals surface area contributed by atoms with Crippen molar-refractivity contribution < 1.29 is 9.18 Å². The molecule has 1 rings (SSSR count). The highest BCUT2D eigenvalue weighted by Crippen LogP contribution is 2.19. The van der Waals surface area contributed by atoms with Crippen LogP contribution in [0.1, 0.15) is 12.5 Å². The van der Waals surface area contributed by atoms with Crippen molar-refractivity contribution in [2.24, 2.45) is 11.7 Å². The smallest absolute Gasteiger partial charge is 0.145 e. The van der Waals surface area contributed by atoms with Gasteiger partial charge in [0.2, 0.25) is 0 Å². The van der Waals surface area contributed by atoms with Crippen molar-refractivity contribution in [3.05, 3.63) is 34.6 Å². The van der Waals surface area contributed by atoms with Gasteiger partial charge in [0.05, 0.1) is 5.02 Å². The molecule has 0 aliphatic carbocycles. The summed E-state index contributed by atoms with van der Waals surface area (Å²) in [5, 5.41) is 0.0423. The molecule has 15 heavy (non-hydrogen) atoms. The van der Waals surface area contributed by atoms with Gasteiger partial charge in [-0.05, 0) is 11.6 Å². The number of ketones is 1. The lowest BCUT2D eigenvalue weighted by atomic mass is 9.99. The molecule has 1 aromatic carbocycles. The highest BCUT2D eigenvalue weighted by atomic mass is 35.5. The predicted octanol–water partition coefficient (Wildman–Crippen LogP) is 2.19. The van der Waals surface area contributed by atoms with E-state index in [4.69, 9.17) is 17.3 Å². The van der Waals surface area contributed by atoms with Gasteiger partial charge in [-0.15, -0.1) is 0 Å². The topological polar surface area (TPSA) is 43.1 Å². The van der Waals surface area contributed by atoms with Gasteiger partial charge in [-0.3, -0.25) is 4.79 Å². The number of benzene rings is 1. The molecule has 0 heterocycles. The summed E-state index contributed by atoms with van der Waals surface area (Å²) >= 11 is 5.60. The number of nitrogens with two attached hydrogens (primary N) is 1. The van der Waals surface area contributed by atoms with Crippen LogP contribution in [0, 0.1) is 11.7 Å². The summed E-state index contributed by atoms with van der Waals surface area (Å²) in [5.41, 5.74) is 5.68. The summed E-state index contributed by atoms with van der Waals surface area (Å²) in [6, 6.07) is 4.64. The Morgan fingerprint density at radius 2 is 2.27 bits per heavy atom. The van der Waals surface area contributed by atoms with Crippen LogP contribution in [0.15, 0.2) is 18.2 Å². The molecular formula is C11H13ClFNO. The number of hydrogen-bond donors (Lipinski definition) is 1. The number of hydrogen-bond acceptors (Lipinski definition) is 2. The summed E-state index contributed by atoms with van der Waals surface area (Å²) in [4.78, 5) is 11.5. The molecule has 0 saturated carbocycles. The highest BCUT2D eigenvalue weighted by molar-refractivity contribution is 6.30. The van der Waals surface area contributed by atoms with E-state index in [1.165, 1.54) is 6.07 Å². The van der Waals surface area contributed by atoms with Crippen LogP contribution in [0.3, 0.4) is 0 Å². The van der Waals surface area contributed by atoms with Gasteiger partial charge in [0.15, 0.2) is 0 Å². The fraction of sp³-hybridized carbons (Fsp3) is 0.364. The molecule has 0 bridgehead atoms. The van der Waals surface area contributed by atoms with Crippen LogP contribution in [0.5, 0.6) is 0 Å². The first-order valence-electron chi connectivity index (χ1n) is 4.72. The lowest BCUT2D eigenvalue weighted by Crippen LogP contribution is -2.22. The van der Waals surface area contributed by atoms with E-state index in [0.717, 1.165) is 0 Å². The Morgan fingerprint density at radius 1 is 1.60 bits per heavy atom. The van der Waals surface area contributed by atoms with E-state index in [0.29, 0.717) is 5.56 Å². The van der Waals surface area contributed by atoms with Gasteiger partial charge >= 0.3 is 0 Å². The third-order valence-corrected chi connectivity index (χ3v) is 2.59. The Kier molecular flexibility index (Phi) is 4.24. The summed E-state index contributed by atoms with van der Waals surface area (Å²) in [5.74, 6) is -0.834. The predicted molar refractivity (Wildman–Crippen MR) is 58.3 cm³/mol. The molecule has 0 spiro atoms. The molecule has 1 unspecified atom stereocenters. The Hall–Kier alpha value is -0.930. The Balaban J connectivity index is 2.81. The molecular weight excluding hydrogens is 217 g/mol. The van der Waals surface area contributed by atoms with Gasteiger partial charge in [0.1, 0.15) is 11.6 Å². The fourth-order valence-corrected chi connectivity index (χ4v) is 1.37. The van der Waals surface area contributed by atoms with E-state index in [2.05, 4.69) is 0 Å². The molecule has 1 atom stereocenters. The van der Waals surface area contributed by atoms with E-state index in [1.54, 1.807) is 19.1 Å². The SMILES string of the molecule is CC(CN)C(=O)Cc1cccc(Cl)c1F. The largest absolute Gasteiger partial charge is 0.330 e. The van der Waals surface area contributed by atoms with Crippen LogP contribution < -0.4 is 5.73 Å². The summed E-state index contributed by atoms with van der Waals surface area (Å²) in [7, 11) is 0. The number of Topliss-reactive ketones (excluding diaryl/α,β-unsaturated/α-hetero) is 1. The average molecular weight is 230 g/mol. The minimum Gasteiger partial charge on any atom is -0.330 e. The number of rotatable bonds is 4. The molecule has 0 fully saturated rings. The van der Waals surface area contributed by atoms with Gasteiger partial charge in [0.25, 0.3) is 0 Å². The molecule has 0 amide bonds. The van der Waals surface area contributed by atoms with Gasteiger partial charge in [-0.2, -0.15) is 0 Å². The molecule has 0 saturated heterocycles. The first-order valence-corrected chi connectivity index (χ1v) is 5.09. The van der Waals surface area contributed by atoms with Crippen molar-refractivity contribution in [2.45, 2.75) is 13.3 Å². The molecule has 2 nitrogen and oxygen atoms in total. The second-order valence-electron chi connectivity index (χ2n) is 3.49. The highest BCUT2D eigenvalue weighted by Gasteiger charge is 2.15. The molecule has 0 aliphatic rings. The number of halogens is 2. The summed E-state index contributed by atoms with van der Waals surface area (Å²) in [6.07, 6.45) is 0.0464. The normalized spacial score (nSPS) is 12.5. The second kappa shape index (κ2) is 5.24. The lowest BCUT2D eigenvalue weighted by Gasteiger charge is -2.08. The zero-order chi connectivity index (χ0) is 11.4. The third-order valence-electron chi connectivity index (χ3n) is 2.30. The zero-order valence-corrected chi connectivity index (χ0v) is 9.22. The summed E-state index contributed by atoms with van der Waals surface area (Å²) < 4.78 is 13.4. The molecule has 0 aliphatic heterocycles. The lowest BCUT2D eigenvalue weighted by molar-refractivity contribution is -0.121. The average Bonchev–Trinajstić information content (AvgIpc) is 2.23. The maximum absolute atomic E-state index is 13.4. The standard InChI is InChI=1S/C11H13ClFNO/c1-7(6-14)10(15)5-8-3-2-4-9(12)11(8)13/h2-4,7H,5-6,14H2,1H3. The summed E-state index contributed by atoms with van der Waals surface area (Å²) in [6.45, 7) is 2.01. The third kappa shape index (κ3) is 3.01. The van der Waals surface area contributed by atoms with Gasteiger partial charge in [0, 0.05) is 18.9 Å². The van der Waals surface area contributed by atoms with Crippen molar-refractivity contribution >= 4 is 17.4 Å². The quantitative estimate of drug-likeness (QED) is 0.860. The first kappa shape index (κ1) is 12.1. The molecule has 1 aromatic rings. The minimum atomic E-state index is -0.517. The van der Waals surface area contributed by atoms with Crippen LogP contribution in [0.25, 0.3) is 0 Å². The Morgan fingerprint density at radius 3 is 2.87 bits per heavy atom. The van der Waals surface area contributed by atoms with E-state index in [9.17, 15) is 9.18 Å². The number of carbonyl (C=O) groups excluding carboxylic acids is 1. The molecule has 2 N–H and O–H groups in total. The van der Waals surface area contributed by atoms with Crippen molar-refractivity contribution in [1.82, 2.24) is 0 Å².